The highest BCUT2D eigenvalue weighted by molar-refractivity contribution is 5.94. The highest BCUT2D eigenvalue weighted by Gasteiger charge is 2.17. The normalized spacial score (nSPS) is 11.2. The Hall–Kier alpha value is -3.21. The number of fused-ring (bicyclic) bond motifs is 1. The van der Waals surface area contributed by atoms with Crippen molar-refractivity contribution in [2.75, 3.05) is 14.2 Å². The van der Waals surface area contributed by atoms with E-state index in [1.54, 1.807) is 31.4 Å². The third-order valence-electron chi connectivity index (χ3n) is 4.05. The summed E-state index contributed by atoms with van der Waals surface area (Å²) >= 11 is 0. The van der Waals surface area contributed by atoms with Crippen molar-refractivity contribution in [2.24, 2.45) is 0 Å². The standard InChI is InChI=1S/C20H18O5/c1-12-15-9-13(5-4-8-21)10-18(24-3)20(15)25-19(12)14-6-7-16(22)17(11-14)23-2/h4-11,22H,1-3H3. The van der Waals surface area contributed by atoms with Gasteiger partial charge in [0.2, 0.25) is 0 Å². The molecule has 1 N–H and O–H groups in total. The Kier molecular flexibility index (Phi) is 4.48. The number of ether oxygens (including phenoxy) is 2. The minimum atomic E-state index is 0.0684. The molecular formula is C20H18O5. The van der Waals surface area contributed by atoms with E-state index in [0.29, 0.717) is 22.8 Å². The minimum Gasteiger partial charge on any atom is -0.504 e. The molecule has 0 bridgehead atoms. The number of phenols is 1. The maximum Gasteiger partial charge on any atom is 0.176 e. The average molecular weight is 338 g/mol. The molecule has 3 rings (SSSR count). The molecule has 1 aromatic heterocycles. The van der Waals surface area contributed by atoms with Crippen LogP contribution in [0.2, 0.25) is 0 Å². The van der Waals surface area contributed by atoms with E-state index in [1.807, 2.05) is 19.1 Å². The van der Waals surface area contributed by atoms with E-state index >= 15 is 0 Å². The lowest BCUT2D eigenvalue weighted by Crippen LogP contribution is -1.85. The van der Waals surface area contributed by atoms with Crippen LogP contribution in [-0.2, 0) is 4.79 Å². The molecule has 25 heavy (non-hydrogen) atoms. The average Bonchev–Trinajstić information content (AvgIpc) is 2.96. The van der Waals surface area contributed by atoms with Gasteiger partial charge in [-0.3, -0.25) is 4.79 Å². The summed E-state index contributed by atoms with van der Waals surface area (Å²) in [4.78, 5) is 10.6. The molecule has 0 fully saturated rings. The van der Waals surface area contributed by atoms with Gasteiger partial charge >= 0.3 is 0 Å². The number of furan rings is 1. The molecular weight excluding hydrogens is 320 g/mol. The van der Waals surface area contributed by atoms with Gasteiger partial charge < -0.3 is 19.0 Å². The molecule has 0 spiro atoms. The second-order valence-electron chi connectivity index (χ2n) is 5.54. The quantitative estimate of drug-likeness (QED) is 0.553. The van der Waals surface area contributed by atoms with E-state index < -0.39 is 0 Å². The van der Waals surface area contributed by atoms with E-state index in [2.05, 4.69) is 0 Å². The van der Waals surface area contributed by atoms with Gasteiger partial charge in [-0.25, -0.2) is 0 Å². The van der Waals surface area contributed by atoms with Gasteiger partial charge in [-0.1, -0.05) is 6.08 Å². The first kappa shape index (κ1) is 16.6. The molecule has 5 nitrogen and oxygen atoms in total. The number of carbonyl (C=O) groups is 1. The number of phenolic OH excluding ortho intramolecular Hbond substituents is 1. The molecule has 0 unspecified atom stereocenters. The van der Waals surface area contributed by atoms with E-state index in [-0.39, 0.29) is 5.75 Å². The number of aromatic hydroxyl groups is 1. The molecule has 128 valence electrons. The summed E-state index contributed by atoms with van der Waals surface area (Å²) in [6.07, 6.45) is 3.87. The fourth-order valence-electron chi connectivity index (χ4n) is 2.80. The van der Waals surface area contributed by atoms with Gasteiger partial charge in [0.15, 0.2) is 22.8 Å². The topological polar surface area (TPSA) is 68.9 Å². The van der Waals surface area contributed by atoms with Gasteiger partial charge in [0.25, 0.3) is 0 Å². The highest BCUT2D eigenvalue weighted by atomic mass is 16.5. The number of aryl methyl sites for hydroxylation is 1. The number of aldehydes is 1. The Morgan fingerprint density at radius 3 is 2.52 bits per heavy atom. The molecule has 0 radical (unpaired) electrons. The summed E-state index contributed by atoms with van der Waals surface area (Å²) in [5, 5.41) is 10.7. The van der Waals surface area contributed by atoms with Gasteiger partial charge in [-0.05, 0) is 48.9 Å². The maximum absolute atomic E-state index is 10.6. The number of methoxy groups -OCH3 is 2. The van der Waals surface area contributed by atoms with Crippen molar-refractivity contribution in [1.29, 1.82) is 0 Å². The number of hydrogen-bond acceptors (Lipinski definition) is 5. The minimum absolute atomic E-state index is 0.0684. The smallest absolute Gasteiger partial charge is 0.176 e. The predicted octanol–water partition coefficient (Wildman–Crippen LogP) is 4.34. The Morgan fingerprint density at radius 2 is 1.84 bits per heavy atom. The lowest BCUT2D eigenvalue weighted by molar-refractivity contribution is -0.104. The van der Waals surface area contributed by atoms with Gasteiger partial charge in [-0.15, -0.1) is 0 Å². The number of hydrogen-bond donors (Lipinski definition) is 1. The van der Waals surface area contributed by atoms with E-state index in [1.165, 1.54) is 13.2 Å². The van der Waals surface area contributed by atoms with E-state index in [4.69, 9.17) is 13.9 Å². The lowest BCUT2D eigenvalue weighted by atomic mass is 10.0. The van der Waals surface area contributed by atoms with Crippen molar-refractivity contribution < 1.29 is 23.8 Å². The fraction of sp³-hybridized carbons (Fsp3) is 0.150. The molecule has 1 heterocycles. The zero-order valence-electron chi connectivity index (χ0n) is 14.2. The number of benzene rings is 2. The Labute approximate surface area is 145 Å². The molecule has 5 heteroatoms. The first-order chi connectivity index (χ1) is 12.1. The summed E-state index contributed by atoms with van der Waals surface area (Å²) in [5.41, 5.74) is 3.19. The van der Waals surface area contributed by atoms with Crippen LogP contribution < -0.4 is 9.47 Å². The first-order valence-corrected chi connectivity index (χ1v) is 7.69. The summed E-state index contributed by atoms with van der Waals surface area (Å²) in [6, 6.07) is 8.81. The Bertz CT molecular complexity index is 966. The Morgan fingerprint density at radius 1 is 1.08 bits per heavy atom. The summed E-state index contributed by atoms with van der Waals surface area (Å²) in [5.74, 6) is 1.70. The maximum atomic E-state index is 10.6. The van der Waals surface area contributed by atoms with Crippen molar-refractivity contribution in [3.63, 3.8) is 0 Å². The third-order valence-corrected chi connectivity index (χ3v) is 4.05. The van der Waals surface area contributed by atoms with Gasteiger partial charge in [0.05, 0.1) is 14.2 Å². The van der Waals surface area contributed by atoms with Crippen molar-refractivity contribution >= 4 is 23.3 Å². The van der Waals surface area contributed by atoms with Crippen molar-refractivity contribution in [3.05, 3.63) is 47.5 Å². The largest absolute Gasteiger partial charge is 0.504 e. The van der Waals surface area contributed by atoms with Crippen LogP contribution in [0.3, 0.4) is 0 Å². The molecule has 0 aliphatic rings. The molecule has 0 saturated heterocycles. The molecule has 0 amide bonds. The van der Waals surface area contributed by atoms with Crippen LogP contribution in [0.25, 0.3) is 28.4 Å². The van der Waals surface area contributed by atoms with Crippen LogP contribution in [0.1, 0.15) is 11.1 Å². The zero-order chi connectivity index (χ0) is 18.0. The van der Waals surface area contributed by atoms with Gasteiger partial charge in [0.1, 0.15) is 12.0 Å². The zero-order valence-corrected chi connectivity index (χ0v) is 14.2. The van der Waals surface area contributed by atoms with Crippen LogP contribution in [0.15, 0.2) is 40.8 Å². The summed E-state index contributed by atoms with van der Waals surface area (Å²) < 4.78 is 16.7. The molecule has 2 aromatic carbocycles. The molecule has 3 aromatic rings. The van der Waals surface area contributed by atoms with Crippen LogP contribution in [0, 0.1) is 6.92 Å². The fourth-order valence-corrected chi connectivity index (χ4v) is 2.80. The predicted molar refractivity (Wildman–Crippen MR) is 96.3 cm³/mol. The SMILES string of the molecule is COc1cc(-c2oc3c(OC)cc(C=CC=O)cc3c2C)ccc1O. The molecule has 0 aliphatic heterocycles. The van der Waals surface area contributed by atoms with Crippen LogP contribution >= 0.6 is 0 Å². The van der Waals surface area contributed by atoms with E-state index in [9.17, 15) is 9.90 Å². The van der Waals surface area contributed by atoms with Crippen molar-refractivity contribution in [2.45, 2.75) is 6.92 Å². The lowest BCUT2D eigenvalue weighted by Gasteiger charge is -2.05. The Balaban J connectivity index is 2.22. The molecule has 0 aliphatic carbocycles. The van der Waals surface area contributed by atoms with Crippen LogP contribution in [0.4, 0.5) is 0 Å². The third kappa shape index (κ3) is 2.96. The number of allylic oxidation sites excluding steroid dienone is 1. The number of rotatable bonds is 5. The molecule has 0 atom stereocenters. The van der Waals surface area contributed by atoms with Gasteiger partial charge in [0, 0.05) is 16.5 Å². The summed E-state index contributed by atoms with van der Waals surface area (Å²) in [7, 11) is 3.07. The summed E-state index contributed by atoms with van der Waals surface area (Å²) in [6.45, 7) is 1.95. The van der Waals surface area contributed by atoms with Crippen molar-refractivity contribution in [1.82, 2.24) is 0 Å². The highest BCUT2D eigenvalue weighted by Crippen LogP contribution is 2.40. The van der Waals surface area contributed by atoms with Crippen LogP contribution in [0.5, 0.6) is 17.2 Å². The van der Waals surface area contributed by atoms with Crippen LogP contribution in [-0.4, -0.2) is 25.6 Å². The first-order valence-electron chi connectivity index (χ1n) is 7.69. The van der Waals surface area contributed by atoms with Crippen molar-refractivity contribution in [3.8, 4) is 28.6 Å². The number of carbonyl (C=O) groups excluding carboxylic acids is 1. The monoisotopic (exact) mass is 338 g/mol. The second-order valence-corrected chi connectivity index (χ2v) is 5.54. The van der Waals surface area contributed by atoms with E-state index in [0.717, 1.165) is 28.4 Å². The van der Waals surface area contributed by atoms with Gasteiger partial charge in [-0.2, -0.15) is 0 Å². The second kappa shape index (κ2) is 6.73. The molecule has 0 saturated carbocycles.